The molecule has 2 aromatic heterocycles. The number of halogens is 1. The number of hydrogen-bond donors (Lipinski definition) is 2. The third kappa shape index (κ3) is 3.63. The van der Waals surface area contributed by atoms with Gasteiger partial charge in [0.15, 0.2) is 10.8 Å². The highest BCUT2D eigenvalue weighted by Crippen LogP contribution is 2.30. The molecule has 134 valence electrons. The van der Waals surface area contributed by atoms with Gasteiger partial charge in [-0.25, -0.2) is 9.97 Å². The summed E-state index contributed by atoms with van der Waals surface area (Å²) in [6.45, 7) is 3.94. The molecule has 0 fully saturated rings. The van der Waals surface area contributed by atoms with E-state index in [0.29, 0.717) is 5.69 Å². The van der Waals surface area contributed by atoms with E-state index in [-0.39, 0.29) is 21.7 Å². The molecule has 0 atom stereocenters. The SMILES string of the molecule is Cc1cccc(C)c1-c1ccc(Cl)c(NS(=O)(=O)c2cccc(N)n2)n1. The monoisotopic (exact) mass is 388 g/mol. The lowest BCUT2D eigenvalue weighted by molar-refractivity contribution is 0.597. The molecule has 0 amide bonds. The maximum atomic E-state index is 12.6. The summed E-state index contributed by atoms with van der Waals surface area (Å²) in [6.07, 6.45) is 0. The van der Waals surface area contributed by atoms with Crippen LogP contribution in [0.1, 0.15) is 11.1 Å². The summed E-state index contributed by atoms with van der Waals surface area (Å²) >= 11 is 6.15. The smallest absolute Gasteiger partial charge is 0.280 e. The van der Waals surface area contributed by atoms with E-state index in [0.717, 1.165) is 16.7 Å². The van der Waals surface area contributed by atoms with E-state index in [2.05, 4.69) is 14.7 Å². The van der Waals surface area contributed by atoms with Crippen molar-refractivity contribution in [1.29, 1.82) is 0 Å². The highest BCUT2D eigenvalue weighted by atomic mass is 35.5. The number of nitrogen functional groups attached to an aromatic ring is 1. The zero-order valence-corrected chi connectivity index (χ0v) is 15.8. The average molecular weight is 389 g/mol. The van der Waals surface area contributed by atoms with Gasteiger partial charge in [-0.1, -0.05) is 35.9 Å². The Balaban J connectivity index is 2.04. The molecule has 26 heavy (non-hydrogen) atoms. The van der Waals surface area contributed by atoms with Gasteiger partial charge in [0.2, 0.25) is 0 Å². The van der Waals surface area contributed by atoms with Crippen LogP contribution in [0, 0.1) is 13.8 Å². The molecule has 0 bridgehead atoms. The second-order valence-corrected chi connectivity index (χ2v) is 7.84. The van der Waals surface area contributed by atoms with E-state index in [4.69, 9.17) is 17.3 Å². The first kappa shape index (κ1) is 18.2. The summed E-state index contributed by atoms with van der Waals surface area (Å²) in [4.78, 5) is 8.25. The Bertz CT molecular complexity index is 1060. The molecule has 0 aliphatic rings. The molecule has 0 unspecified atom stereocenters. The molecular formula is C18H17ClN4O2S. The van der Waals surface area contributed by atoms with Gasteiger partial charge in [0, 0.05) is 5.56 Å². The molecule has 2 heterocycles. The zero-order valence-electron chi connectivity index (χ0n) is 14.2. The van der Waals surface area contributed by atoms with Crippen LogP contribution in [0.15, 0.2) is 53.6 Å². The summed E-state index contributed by atoms with van der Waals surface area (Å²) < 4.78 is 27.5. The fraction of sp³-hybridized carbons (Fsp3) is 0.111. The van der Waals surface area contributed by atoms with Gasteiger partial charge in [0.05, 0.1) is 10.7 Å². The molecule has 3 N–H and O–H groups in total. The van der Waals surface area contributed by atoms with Crippen LogP contribution in [0.5, 0.6) is 0 Å². The highest BCUT2D eigenvalue weighted by Gasteiger charge is 2.19. The van der Waals surface area contributed by atoms with Crippen LogP contribution in [-0.4, -0.2) is 18.4 Å². The predicted molar refractivity (Wildman–Crippen MR) is 104 cm³/mol. The predicted octanol–water partition coefficient (Wildman–Crippen LogP) is 3.80. The second-order valence-electron chi connectivity index (χ2n) is 5.80. The van der Waals surface area contributed by atoms with Crippen molar-refractivity contribution in [2.45, 2.75) is 18.9 Å². The molecule has 3 aromatic rings. The van der Waals surface area contributed by atoms with Crippen molar-refractivity contribution in [3.63, 3.8) is 0 Å². The molecule has 0 spiro atoms. The van der Waals surface area contributed by atoms with E-state index >= 15 is 0 Å². The highest BCUT2D eigenvalue weighted by molar-refractivity contribution is 7.92. The third-order valence-corrected chi connectivity index (χ3v) is 5.38. The number of anilines is 2. The van der Waals surface area contributed by atoms with E-state index in [1.54, 1.807) is 12.1 Å². The zero-order chi connectivity index (χ0) is 18.9. The number of rotatable bonds is 4. The maximum absolute atomic E-state index is 12.6. The number of pyridine rings is 2. The number of nitrogens with two attached hydrogens (primary N) is 1. The average Bonchev–Trinajstić information content (AvgIpc) is 2.57. The minimum atomic E-state index is -3.97. The van der Waals surface area contributed by atoms with Crippen molar-refractivity contribution in [2.24, 2.45) is 0 Å². The largest absolute Gasteiger partial charge is 0.384 e. The van der Waals surface area contributed by atoms with E-state index in [9.17, 15) is 8.42 Å². The van der Waals surface area contributed by atoms with Crippen molar-refractivity contribution < 1.29 is 8.42 Å². The lowest BCUT2D eigenvalue weighted by Gasteiger charge is -2.13. The molecule has 3 rings (SSSR count). The van der Waals surface area contributed by atoms with Gasteiger partial charge in [-0.15, -0.1) is 0 Å². The van der Waals surface area contributed by atoms with Gasteiger partial charge in [-0.2, -0.15) is 8.42 Å². The molecule has 0 saturated heterocycles. The Kier molecular flexibility index (Phi) is 4.84. The van der Waals surface area contributed by atoms with Crippen molar-refractivity contribution in [1.82, 2.24) is 9.97 Å². The van der Waals surface area contributed by atoms with Crippen LogP contribution in [0.25, 0.3) is 11.3 Å². The minimum Gasteiger partial charge on any atom is -0.384 e. The fourth-order valence-electron chi connectivity index (χ4n) is 2.63. The molecule has 0 saturated carbocycles. The van der Waals surface area contributed by atoms with Crippen molar-refractivity contribution in [3.05, 3.63) is 64.7 Å². The van der Waals surface area contributed by atoms with Crippen LogP contribution < -0.4 is 10.5 Å². The van der Waals surface area contributed by atoms with Crippen molar-refractivity contribution >= 4 is 33.3 Å². The van der Waals surface area contributed by atoms with Crippen LogP contribution in [0.4, 0.5) is 11.6 Å². The van der Waals surface area contributed by atoms with E-state index in [1.165, 1.54) is 18.2 Å². The maximum Gasteiger partial charge on any atom is 0.280 e. The normalized spacial score (nSPS) is 11.3. The Morgan fingerprint density at radius 3 is 2.27 bits per heavy atom. The van der Waals surface area contributed by atoms with Crippen LogP contribution in [0.2, 0.25) is 5.02 Å². The number of aryl methyl sites for hydroxylation is 2. The van der Waals surface area contributed by atoms with E-state index < -0.39 is 10.0 Å². The van der Waals surface area contributed by atoms with Gasteiger partial charge < -0.3 is 5.73 Å². The topological polar surface area (TPSA) is 98.0 Å². The quantitative estimate of drug-likeness (QED) is 0.708. The first-order chi connectivity index (χ1) is 12.3. The number of hydrogen-bond acceptors (Lipinski definition) is 5. The lowest BCUT2D eigenvalue weighted by Crippen LogP contribution is -2.16. The summed E-state index contributed by atoms with van der Waals surface area (Å²) in [6, 6.07) is 13.6. The van der Waals surface area contributed by atoms with Crippen LogP contribution in [0.3, 0.4) is 0 Å². The Labute approximate surface area is 157 Å². The van der Waals surface area contributed by atoms with Crippen molar-refractivity contribution in [2.75, 3.05) is 10.5 Å². The number of nitrogens with zero attached hydrogens (tertiary/aromatic N) is 2. The number of nitrogens with one attached hydrogen (secondary N) is 1. The van der Waals surface area contributed by atoms with Gasteiger partial charge in [-0.05, 0) is 49.2 Å². The Morgan fingerprint density at radius 1 is 0.962 bits per heavy atom. The lowest BCUT2D eigenvalue weighted by atomic mass is 10.00. The number of benzene rings is 1. The van der Waals surface area contributed by atoms with Gasteiger partial charge in [-0.3, -0.25) is 4.72 Å². The van der Waals surface area contributed by atoms with Gasteiger partial charge in [0.1, 0.15) is 5.82 Å². The first-order valence-electron chi connectivity index (χ1n) is 7.76. The standard InChI is InChI=1S/C18H17ClN4O2S/c1-11-5-3-6-12(2)17(11)14-10-9-13(19)18(21-14)23-26(24,25)16-8-4-7-15(20)22-16/h3-10H,1-2H3,(H2,20,22)(H,21,23). The summed E-state index contributed by atoms with van der Waals surface area (Å²) in [5.41, 5.74) is 9.20. The third-order valence-electron chi connectivity index (χ3n) is 3.83. The Hall–Kier alpha value is -2.64. The fourth-order valence-corrected chi connectivity index (χ4v) is 3.84. The number of aromatic nitrogens is 2. The molecule has 0 radical (unpaired) electrons. The molecule has 0 aliphatic carbocycles. The molecule has 1 aromatic carbocycles. The van der Waals surface area contributed by atoms with Crippen LogP contribution >= 0.6 is 11.6 Å². The minimum absolute atomic E-state index is 0.0380. The molecule has 8 heteroatoms. The first-order valence-corrected chi connectivity index (χ1v) is 9.62. The van der Waals surface area contributed by atoms with Crippen molar-refractivity contribution in [3.8, 4) is 11.3 Å². The summed E-state index contributed by atoms with van der Waals surface area (Å²) in [5, 5.41) is -0.0136. The number of sulfonamides is 1. The van der Waals surface area contributed by atoms with Gasteiger partial charge in [0.25, 0.3) is 10.0 Å². The molecular weight excluding hydrogens is 372 g/mol. The van der Waals surface area contributed by atoms with E-state index in [1.807, 2.05) is 32.0 Å². The van der Waals surface area contributed by atoms with Crippen LogP contribution in [-0.2, 0) is 10.0 Å². The summed E-state index contributed by atoms with van der Waals surface area (Å²) in [5.74, 6) is 0.146. The summed E-state index contributed by atoms with van der Waals surface area (Å²) in [7, 11) is -3.97. The van der Waals surface area contributed by atoms with Gasteiger partial charge >= 0.3 is 0 Å². The molecule has 0 aliphatic heterocycles. The second kappa shape index (κ2) is 6.93. The molecule has 6 nitrogen and oxygen atoms in total. The Morgan fingerprint density at radius 2 is 1.62 bits per heavy atom.